The highest BCUT2D eigenvalue weighted by atomic mass is 32.1. The van der Waals surface area contributed by atoms with E-state index in [2.05, 4.69) is 48.5 Å². The minimum atomic E-state index is -0.655. The van der Waals surface area contributed by atoms with Gasteiger partial charge in [-0.25, -0.2) is 0 Å². The van der Waals surface area contributed by atoms with Gasteiger partial charge in [0.1, 0.15) is 16.8 Å². The summed E-state index contributed by atoms with van der Waals surface area (Å²) in [6.45, 7) is 10.2. The van der Waals surface area contributed by atoms with E-state index in [4.69, 9.17) is 4.74 Å². The molecule has 0 saturated carbocycles. The molecule has 2 amide bonds. The second kappa shape index (κ2) is 9.82. The van der Waals surface area contributed by atoms with Gasteiger partial charge >= 0.3 is 0 Å². The van der Waals surface area contributed by atoms with Crippen molar-refractivity contribution < 1.29 is 14.3 Å². The number of methoxy groups -OCH3 is 1. The fraction of sp³-hybridized carbons (Fsp3) is 0.524. The highest BCUT2D eigenvalue weighted by Gasteiger charge is 2.21. The van der Waals surface area contributed by atoms with Crippen LogP contribution in [0.5, 0.6) is 5.75 Å². The highest BCUT2D eigenvalue weighted by molar-refractivity contribution is 7.18. The highest BCUT2D eigenvalue weighted by Crippen LogP contribution is 2.28. The normalized spacial score (nSPS) is 13.4. The van der Waals surface area contributed by atoms with Gasteiger partial charge in [0.05, 0.1) is 7.11 Å². The third kappa shape index (κ3) is 7.45. The Balaban J connectivity index is 1.87. The maximum Gasteiger partial charge on any atom is 0.248 e. The van der Waals surface area contributed by atoms with E-state index in [1.807, 2.05) is 24.3 Å². The van der Waals surface area contributed by atoms with Crippen LogP contribution >= 0.6 is 11.3 Å². The number of rotatable bonds is 8. The van der Waals surface area contributed by atoms with Crippen molar-refractivity contribution in [2.45, 2.75) is 53.5 Å². The number of hydrogen-bond acceptors (Lipinski definition) is 6. The molecule has 2 unspecified atom stereocenters. The zero-order valence-corrected chi connectivity index (χ0v) is 18.7. The first-order valence-corrected chi connectivity index (χ1v) is 10.5. The van der Waals surface area contributed by atoms with Crippen LogP contribution in [0.25, 0.3) is 10.6 Å². The van der Waals surface area contributed by atoms with Crippen LogP contribution in [0.1, 0.15) is 47.5 Å². The van der Waals surface area contributed by atoms with E-state index in [9.17, 15) is 9.59 Å². The Morgan fingerprint density at radius 2 is 1.79 bits per heavy atom. The number of hydrogen-bond donors (Lipinski definition) is 2. The Bertz CT molecular complexity index is 827. The van der Waals surface area contributed by atoms with Gasteiger partial charge in [-0.1, -0.05) is 39.0 Å². The number of ether oxygens (including phenoxy) is 1. The average molecular weight is 419 g/mol. The first-order chi connectivity index (χ1) is 13.6. The van der Waals surface area contributed by atoms with Crippen molar-refractivity contribution in [3.05, 3.63) is 24.3 Å². The minimum absolute atomic E-state index is 0.124. The summed E-state index contributed by atoms with van der Waals surface area (Å²) in [6.07, 6.45) is 1.34. The topological polar surface area (TPSA) is 93.2 Å². The minimum Gasteiger partial charge on any atom is -0.497 e. The van der Waals surface area contributed by atoms with Crippen molar-refractivity contribution in [1.82, 2.24) is 15.5 Å². The van der Waals surface area contributed by atoms with Gasteiger partial charge in [-0.3, -0.25) is 14.9 Å². The SMILES string of the molecule is COc1ccc(-c2nnc(NC(=O)C(C)NC(=O)CC(C)CC(C)(C)C)s2)cc1. The maximum absolute atomic E-state index is 12.4. The molecule has 1 heterocycles. The summed E-state index contributed by atoms with van der Waals surface area (Å²) in [7, 11) is 1.61. The van der Waals surface area contributed by atoms with Crippen molar-refractivity contribution in [2.24, 2.45) is 11.3 Å². The summed E-state index contributed by atoms with van der Waals surface area (Å²) in [5, 5.41) is 14.7. The van der Waals surface area contributed by atoms with Gasteiger partial charge in [0.2, 0.25) is 16.9 Å². The lowest BCUT2D eigenvalue weighted by atomic mass is 9.84. The molecule has 2 aromatic rings. The molecule has 0 saturated heterocycles. The Kier molecular flexibility index (Phi) is 7.73. The molecule has 2 rings (SSSR count). The summed E-state index contributed by atoms with van der Waals surface area (Å²) in [6, 6.07) is 6.79. The molecule has 0 bridgehead atoms. The van der Waals surface area contributed by atoms with Gasteiger partial charge < -0.3 is 10.1 Å². The number of benzene rings is 1. The van der Waals surface area contributed by atoms with E-state index in [0.29, 0.717) is 16.6 Å². The second-order valence-corrected chi connectivity index (χ2v) is 9.47. The van der Waals surface area contributed by atoms with Crippen LogP contribution in [0, 0.1) is 11.3 Å². The van der Waals surface area contributed by atoms with E-state index >= 15 is 0 Å². The Morgan fingerprint density at radius 1 is 1.14 bits per heavy atom. The van der Waals surface area contributed by atoms with Crippen LogP contribution in [0.15, 0.2) is 24.3 Å². The molecule has 7 nitrogen and oxygen atoms in total. The predicted octanol–water partition coefficient (Wildman–Crippen LogP) is 4.12. The summed E-state index contributed by atoms with van der Waals surface area (Å²) in [5.41, 5.74) is 1.06. The number of nitrogens with zero attached hydrogens (tertiary/aromatic N) is 2. The Hall–Kier alpha value is -2.48. The number of amides is 2. The first kappa shape index (κ1) is 22.8. The molecule has 29 heavy (non-hydrogen) atoms. The molecule has 0 aliphatic carbocycles. The molecule has 0 aliphatic rings. The Labute approximate surface area is 176 Å². The fourth-order valence-corrected chi connectivity index (χ4v) is 3.89. The predicted molar refractivity (Wildman–Crippen MR) is 116 cm³/mol. The maximum atomic E-state index is 12.4. The number of aromatic nitrogens is 2. The summed E-state index contributed by atoms with van der Waals surface area (Å²) < 4.78 is 5.14. The lowest BCUT2D eigenvalue weighted by Crippen LogP contribution is -2.42. The smallest absolute Gasteiger partial charge is 0.248 e. The van der Waals surface area contributed by atoms with Crippen LogP contribution in [-0.4, -0.2) is 35.2 Å². The molecule has 0 aliphatic heterocycles. The van der Waals surface area contributed by atoms with Crippen molar-refractivity contribution in [3.8, 4) is 16.3 Å². The van der Waals surface area contributed by atoms with E-state index in [0.717, 1.165) is 17.7 Å². The lowest BCUT2D eigenvalue weighted by molar-refractivity contribution is -0.126. The van der Waals surface area contributed by atoms with E-state index in [1.54, 1.807) is 14.0 Å². The molecule has 0 fully saturated rings. The van der Waals surface area contributed by atoms with Gasteiger partial charge in [-0.15, -0.1) is 10.2 Å². The van der Waals surface area contributed by atoms with Gasteiger partial charge in [-0.05, 0) is 48.9 Å². The van der Waals surface area contributed by atoms with Gasteiger partial charge in [-0.2, -0.15) is 0 Å². The van der Waals surface area contributed by atoms with E-state index in [1.165, 1.54) is 11.3 Å². The number of carbonyl (C=O) groups is 2. The van der Waals surface area contributed by atoms with Crippen molar-refractivity contribution >= 4 is 28.3 Å². The molecular weight excluding hydrogens is 388 g/mol. The standard InChI is InChI=1S/C21H30N4O3S/c1-13(12-21(3,4)5)11-17(26)22-14(2)18(27)23-20-25-24-19(29-20)15-7-9-16(28-6)10-8-15/h7-10,13-14H,11-12H2,1-6H3,(H,22,26)(H,23,25,27). The van der Waals surface area contributed by atoms with Crippen LogP contribution < -0.4 is 15.4 Å². The zero-order valence-electron chi connectivity index (χ0n) is 17.9. The molecular formula is C21H30N4O3S. The van der Waals surface area contributed by atoms with Crippen molar-refractivity contribution in [1.29, 1.82) is 0 Å². The number of anilines is 1. The fourth-order valence-electron chi connectivity index (χ4n) is 3.14. The van der Waals surface area contributed by atoms with Gasteiger partial charge in [0.25, 0.3) is 0 Å². The lowest BCUT2D eigenvalue weighted by Gasteiger charge is -2.23. The van der Waals surface area contributed by atoms with Crippen LogP contribution in [0.3, 0.4) is 0 Å². The molecule has 158 valence electrons. The molecule has 0 radical (unpaired) electrons. The molecule has 2 atom stereocenters. The van der Waals surface area contributed by atoms with Crippen LogP contribution in [-0.2, 0) is 9.59 Å². The molecule has 1 aromatic carbocycles. The second-order valence-electron chi connectivity index (χ2n) is 8.49. The third-order valence-corrected chi connectivity index (χ3v) is 5.15. The molecule has 1 aromatic heterocycles. The van der Waals surface area contributed by atoms with E-state index < -0.39 is 6.04 Å². The van der Waals surface area contributed by atoms with Crippen molar-refractivity contribution in [3.63, 3.8) is 0 Å². The van der Waals surface area contributed by atoms with Crippen molar-refractivity contribution in [2.75, 3.05) is 12.4 Å². The summed E-state index contributed by atoms with van der Waals surface area (Å²) in [4.78, 5) is 24.6. The third-order valence-electron chi connectivity index (χ3n) is 4.26. The number of nitrogens with one attached hydrogen (secondary N) is 2. The first-order valence-electron chi connectivity index (χ1n) is 9.65. The van der Waals surface area contributed by atoms with E-state index in [-0.39, 0.29) is 23.1 Å². The molecule has 2 N–H and O–H groups in total. The van der Waals surface area contributed by atoms with Gasteiger partial charge in [0.15, 0.2) is 0 Å². The monoisotopic (exact) mass is 418 g/mol. The average Bonchev–Trinajstić information content (AvgIpc) is 3.08. The van der Waals surface area contributed by atoms with Crippen LogP contribution in [0.2, 0.25) is 0 Å². The zero-order chi connectivity index (χ0) is 21.6. The van der Waals surface area contributed by atoms with Crippen LogP contribution in [0.4, 0.5) is 5.13 Å². The largest absolute Gasteiger partial charge is 0.497 e. The summed E-state index contributed by atoms with van der Waals surface area (Å²) in [5.74, 6) is 0.563. The Morgan fingerprint density at radius 3 is 2.38 bits per heavy atom. The number of carbonyl (C=O) groups excluding carboxylic acids is 2. The molecule has 8 heteroatoms. The summed E-state index contributed by atoms with van der Waals surface area (Å²) >= 11 is 1.27. The van der Waals surface area contributed by atoms with Gasteiger partial charge in [0, 0.05) is 12.0 Å². The molecule has 0 spiro atoms. The quantitative estimate of drug-likeness (QED) is 0.673.